The number of anilines is 2. The molecule has 0 saturated carbocycles. The highest BCUT2D eigenvalue weighted by Gasteiger charge is 2.31. The number of para-hydroxylation sites is 2. The number of fused-ring (bicyclic) bond motifs is 1. The van der Waals surface area contributed by atoms with Crippen molar-refractivity contribution < 1.29 is 23.1 Å². The molecule has 0 radical (unpaired) electrons. The minimum Gasteiger partial charge on any atom is -0.477 e. The number of amides is 1. The number of hydrogen-bond donors (Lipinski definition) is 1. The van der Waals surface area contributed by atoms with Gasteiger partial charge in [-0.25, -0.2) is 13.2 Å². The molecule has 0 unspecified atom stereocenters. The van der Waals surface area contributed by atoms with E-state index in [4.69, 9.17) is 0 Å². The van der Waals surface area contributed by atoms with E-state index in [0.717, 1.165) is 37.3 Å². The molecule has 8 nitrogen and oxygen atoms in total. The van der Waals surface area contributed by atoms with Crippen LogP contribution in [0.2, 0.25) is 0 Å². The minimum absolute atomic E-state index is 0.0118. The average Bonchev–Trinajstić information content (AvgIpc) is 3.64. The average molecular weight is 739 g/mol. The Morgan fingerprint density at radius 3 is 2.33 bits per heavy atom. The molecular weight excluding hydrogens is 706 g/mol. The number of carboxylic acids is 1. The molecule has 1 N–H and O–H groups in total. The minimum atomic E-state index is -4.08. The lowest BCUT2D eigenvalue weighted by molar-refractivity contribution is 0.0700. The third-order valence-electron chi connectivity index (χ3n) is 8.28. The Balaban J connectivity index is 1.35. The lowest BCUT2D eigenvalue weighted by Gasteiger charge is -2.38. The van der Waals surface area contributed by atoms with Crippen LogP contribution < -0.4 is 9.21 Å². The number of sulfonamides is 1. The molecule has 6 rings (SSSR count). The van der Waals surface area contributed by atoms with E-state index in [1.165, 1.54) is 15.6 Å². The molecule has 3 aromatic carbocycles. The predicted octanol–water partition coefficient (Wildman–Crippen LogP) is 7.44. The van der Waals surface area contributed by atoms with E-state index in [1.807, 2.05) is 71.8 Å². The zero-order valence-electron chi connectivity index (χ0n) is 25.3. The summed E-state index contributed by atoms with van der Waals surface area (Å²) in [6, 6.07) is 22.3. The Morgan fingerprint density at radius 1 is 0.935 bits per heavy atom. The van der Waals surface area contributed by atoms with E-state index in [9.17, 15) is 23.1 Å². The van der Waals surface area contributed by atoms with Crippen molar-refractivity contribution in [2.75, 3.05) is 41.9 Å². The number of aryl methyl sites for hydroxylation is 2. The quantitative estimate of drug-likeness (QED) is 0.169. The van der Waals surface area contributed by atoms with Crippen LogP contribution >= 0.6 is 38.6 Å². The SMILES string of the molecule is Cc1ccc(CCN(c2ccccc2N2CCN(C(=O)c3sccc3Br)CC2)S(=O)(=O)c2ccc3sc(C(=O)O)c(C)c3c2)cc1. The Morgan fingerprint density at radius 2 is 1.65 bits per heavy atom. The fourth-order valence-electron chi connectivity index (χ4n) is 5.73. The fourth-order valence-corrected chi connectivity index (χ4v) is 9.77. The molecular formula is C34H32BrN3O5S3. The number of carbonyl (C=O) groups excluding carboxylic acids is 1. The summed E-state index contributed by atoms with van der Waals surface area (Å²) in [4.78, 5) is 29.9. The summed E-state index contributed by atoms with van der Waals surface area (Å²) in [5.41, 5.74) is 4.04. The number of nitrogens with zero attached hydrogens (tertiary/aromatic N) is 3. The molecule has 2 aromatic heterocycles. The number of carbonyl (C=O) groups is 2. The molecule has 0 aliphatic carbocycles. The van der Waals surface area contributed by atoms with Gasteiger partial charge in [0.25, 0.3) is 15.9 Å². The molecule has 0 spiro atoms. The Hall–Kier alpha value is -3.71. The first kappa shape index (κ1) is 32.2. The lowest BCUT2D eigenvalue weighted by atomic mass is 10.1. The Bertz CT molecular complexity index is 2030. The van der Waals surface area contributed by atoms with Crippen molar-refractivity contribution in [3.63, 3.8) is 0 Å². The molecule has 1 fully saturated rings. The maximum Gasteiger partial charge on any atom is 0.346 e. The van der Waals surface area contributed by atoms with Gasteiger partial charge >= 0.3 is 5.97 Å². The molecule has 1 aliphatic heterocycles. The molecule has 12 heteroatoms. The lowest BCUT2D eigenvalue weighted by Crippen LogP contribution is -2.49. The van der Waals surface area contributed by atoms with Gasteiger partial charge in [-0.15, -0.1) is 22.7 Å². The van der Waals surface area contributed by atoms with Crippen LogP contribution in [0.4, 0.5) is 11.4 Å². The van der Waals surface area contributed by atoms with Gasteiger partial charge in [0, 0.05) is 41.9 Å². The van der Waals surface area contributed by atoms with E-state index in [1.54, 1.807) is 25.1 Å². The predicted molar refractivity (Wildman–Crippen MR) is 190 cm³/mol. The molecule has 1 aliphatic rings. The van der Waals surface area contributed by atoms with E-state index in [2.05, 4.69) is 20.8 Å². The monoisotopic (exact) mass is 737 g/mol. The van der Waals surface area contributed by atoms with Gasteiger partial charge in [-0.2, -0.15) is 0 Å². The zero-order valence-corrected chi connectivity index (χ0v) is 29.3. The standard InChI is InChI=1S/C34H32BrN3O5S3/c1-22-7-9-24(10-8-22)13-15-38(46(42,43)25-11-12-30-26(21-25)23(2)31(45-30)34(40)41)29-6-4-3-5-28(29)36-16-18-37(19-17-36)33(39)32-27(35)14-20-44-32/h3-12,14,20-21H,13,15-19H2,1-2H3,(H,40,41). The number of aromatic carboxylic acids is 1. The molecule has 1 amide bonds. The highest BCUT2D eigenvalue weighted by atomic mass is 79.9. The topological polar surface area (TPSA) is 98.2 Å². The number of halogens is 1. The van der Waals surface area contributed by atoms with Crippen molar-refractivity contribution in [3.05, 3.63) is 109 Å². The molecule has 46 heavy (non-hydrogen) atoms. The number of hydrogen-bond acceptors (Lipinski definition) is 7. The summed E-state index contributed by atoms with van der Waals surface area (Å²) in [7, 11) is -4.08. The molecule has 238 valence electrons. The second kappa shape index (κ2) is 13.2. The van der Waals surface area contributed by atoms with E-state index < -0.39 is 16.0 Å². The number of thiophene rings is 2. The summed E-state index contributed by atoms with van der Waals surface area (Å²) >= 11 is 6.02. The summed E-state index contributed by atoms with van der Waals surface area (Å²) in [6.07, 6.45) is 0.495. The third kappa shape index (κ3) is 6.31. The van der Waals surface area contributed by atoms with Crippen molar-refractivity contribution in [1.29, 1.82) is 0 Å². The van der Waals surface area contributed by atoms with Crippen LogP contribution in [0.5, 0.6) is 0 Å². The second-order valence-electron chi connectivity index (χ2n) is 11.2. The Labute approximate surface area is 284 Å². The van der Waals surface area contributed by atoms with Crippen molar-refractivity contribution in [1.82, 2.24) is 4.90 Å². The van der Waals surface area contributed by atoms with Crippen LogP contribution in [0.1, 0.15) is 36.0 Å². The zero-order chi connectivity index (χ0) is 32.6. The van der Waals surface area contributed by atoms with Gasteiger partial charge in [-0.1, -0.05) is 42.0 Å². The van der Waals surface area contributed by atoms with Gasteiger partial charge in [0.15, 0.2) is 0 Å². The van der Waals surface area contributed by atoms with Crippen molar-refractivity contribution in [3.8, 4) is 0 Å². The summed E-state index contributed by atoms with van der Waals surface area (Å²) in [6.45, 7) is 6.05. The van der Waals surface area contributed by atoms with Gasteiger partial charge in [0.05, 0.1) is 16.3 Å². The van der Waals surface area contributed by atoms with Gasteiger partial charge in [-0.05, 0) is 94.5 Å². The second-order valence-corrected chi connectivity index (χ2v) is 15.9. The number of benzene rings is 3. The van der Waals surface area contributed by atoms with Gasteiger partial charge in [-0.3, -0.25) is 9.10 Å². The van der Waals surface area contributed by atoms with Gasteiger partial charge < -0.3 is 14.9 Å². The molecule has 3 heterocycles. The maximum absolute atomic E-state index is 14.6. The fraction of sp³-hybridized carbons (Fsp3) is 0.235. The van der Waals surface area contributed by atoms with Crippen LogP contribution in [0.25, 0.3) is 10.1 Å². The Kier molecular flexibility index (Phi) is 9.24. The van der Waals surface area contributed by atoms with Crippen LogP contribution in [0.15, 0.2) is 87.5 Å². The van der Waals surface area contributed by atoms with Crippen molar-refractivity contribution in [2.24, 2.45) is 0 Å². The highest BCUT2D eigenvalue weighted by molar-refractivity contribution is 9.10. The summed E-state index contributed by atoms with van der Waals surface area (Å²) in [5, 5.41) is 12.2. The first-order chi connectivity index (χ1) is 22.0. The van der Waals surface area contributed by atoms with Crippen LogP contribution in [0, 0.1) is 13.8 Å². The first-order valence-corrected chi connectivity index (χ1v) is 18.7. The maximum atomic E-state index is 14.6. The summed E-state index contributed by atoms with van der Waals surface area (Å²) < 4.78 is 32.2. The van der Waals surface area contributed by atoms with Crippen LogP contribution in [-0.4, -0.2) is 63.0 Å². The van der Waals surface area contributed by atoms with Crippen molar-refractivity contribution in [2.45, 2.75) is 25.2 Å². The van der Waals surface area contributed by atoms with E-state index in [0.29, 0.717) is 54.1 Å². The molecule has 0 bridgehead atoms. The molecule has 5 aromatic rings. The van der Waals surface area contributed by atoms with Gasteiger partial charge in [0.2, 0.25) is 0 Å². The number of rotatable bonds is 9. The molecule has 1 saturated heterocycles. The normalized spacial score (nSPS) is 13.7. The molecule has 0 atom stereocenters. The number of piperazine rings is 1. The van der Waals surface area contributed by atoms with E-state index in [-0.39, 0.29) is 22.2 Å². The highest BCUT2D eigenvalue weighted by Crippen LogP contribution is 2.37. The smallest absolute Gasteiger partial charge is 0.346 e. The third-order valence-corrected chi connectivity index (χ3v) is 13.2. The first-order valence-electron chi connectivity index (χ1n) is 14.8. The van der Waals surface area contributed by atoms with Crippen molar-refractivity contribution >= 4 is 82.0 Å². The van der Waals surface area contributed by atoms with Gasteiger partial charge in [0.1, 0.15) is 9.75 Å². The van der Waals surface area contributed by atoms with Crippen LogP contribution in [-0.2, 0) is 16.4 Å². The van der Waals surface area contributed by atoms with E-state index >= 15 is 0 Å². The van der Waals surface area contributed by atoms with Crippen LogP contribution in [0.3, 0.4) is 0 Å². The summed E-state index contributed by atoms with van der Waals surface area (Å²) in [5.74, 6) is -1.04. The largest absolute Gasteiger partial charge is 0.477 e. The number of carboxylic acid groups (broad SMARTS) is 1.